The molecule has 2 aromatic heterocycles. The topological polar surface area (TPSA) is 67.2 Å². The molecule has 1 aromatic carbocycles. The van der Waals surface area contributed by atoms with Crippen molar-refractivity contribution in [1.82, 2.24) is 9.97 Å². The number of thioether (sulfide) groups is 1. The van der Waals surface area contributed by atoms with E-state index >= 15 is 0 Å². The second-order valence-corrected chi connectivity index (χ2v) is 7.11. The van der Waals surface area contributed by atoms with Crippen molar-refractivity contribution in [1.29, 1.82) is 0 Å². The summed E-state index contributed by atoms with van der Waals surface area (Å²) >= 11 is 8.84. The van der Waals surface area contributed by atoms with E-state index in [1.54, 1.807) is 24.7 Å². The van der Waals surface area contributed by atoms with Gasteiger partial charge in [-0.05, 0) is 30.3 Å². The highest BCUT2D eigenvalue weighted by molar-refractivity contribution is 8.00. The number of aromatic nitrogens is 2. The van der Waals surface area contributed by atoms with E-state index in [-0.39, 0.29) is 5.91 Å². The third-order valence-corrected chi connectivity index (χ3v) is 5.00. The molecule has 126 valence electrons. The van der Waals surface area contributed by atoms with Crippen LogP contribution in [-0.2, 0) is 4.79 Å². The first-order valence-electron chi connectivity index (χ1n) is 7.27. The average molecular weight is 389 g/mol. The number of rotatable bonds is 6. The lowest BCUT2D eigenvalue weighted by Gasteiger charge is -2.03. The normalized spacial score (nSPS) is 10.9. The average Bonchev–Trinajstić information content (AvgIpc) is 3.13. The Kier molecular flexibility index (Phi) is 6.16. The van der Waals surface area contributed by atoms with E-state index in [9.17, 15) is 4.79 Å². The van der Waals surface area contributed by atoms with E-state index < -0.39 is 0 Å². The van der Waals surface area contributed by atoms with Crippen LogP contribution in [0.25, 0.3) is 0 Å². The number of benzene rings is 1. The smallest absolute Gasteiger partial charge is 0.236 e. The number of carbonyl (C=O) groups excluding carboxylic acids is 1. The largest absolute Gasteiger partial charge is 0.301 e. The molecule has 25 heavy (non-hydrogen) atoms. The van der Waals surface area contributed by atoms with Crippen LogP contribution in [0.3, 0.4) is 0 Å². The van der Waals surface area contributed by atoms with Gasteiger partial charge in [-0.1, -0.05) is 17.7 Å². The fourth-order valence-corrected chi connectivity index (χ4v) is 3.34. The first kappa shape index (κ1) is 17.6. The SMILES string of the molecule is O=C(CSc1cccc(N=Cc2cccnc2Cl)c1)Nc1nccs1. The van der Waals surface area contributed by atoms with Crippen LogP contribution in [0.15, 0.2) is 64.1 Å². The van der Waals surface area contributed by atoms with Crippen LogP contribution in [0.5, 0.6) is 0 Å². The standard InChI is InChI=1S/C17H13ClN4OS2/c18-16-12(3-2-6-19-16)10-21-13-4-1-5-14(9-13)25-11-15(23)22-17-20-7-8-24-17/h1-10H,11H2,(H,20,22,23). The van der Waals surface area contributed by atoms with Gasteiger partial charge in [-0.15, -0.1) is 23.1 Å². The molecule has 2 heterocycles. The minimum absolute atomic E-state index is 0.0870. The van der Waals surface area contributed by atoms with Crippen molar-refractivity contribution in [3.63, 3.8) is 0 Å². The zero-order valence-corrected chi connectivity index (χ0v) is 15.3. The van der Waals surface area contributed by atoms with Gasteiger partial charge >= 0.3 is 0 Å². The molecule has 1 amide bonds. The summed E-state index contributed by atoms with van der Waals surface area (Å²) in [5.74, 6) is 0.220. The minimum atomic E-state index is -0.0870. The molecule has 5 nitrogen and oxygen atoms in total. The Morgan fingerprint density at radius 2 is 2.20 bits per heavy atom. The summed E-state index contributed by atoms with van der Waals surface area (Å²) in [6, 6.07) is 11.3. The summed E-state index contributed by atoms with van der Waals surface area (Å²) in [6.07, 6.45) is 4.96. The van der Waals surface area contributed by atoms with E-state index in [2.05, 4.69) is 20.3 Å². The predicted molar refractivity (Wildman–Crippen MR) is 104 cm³/mol. The van der Waals surface area contributed by atoms with Gasteiger partial charge in [0.05, 0.1) is 11.4 Å². The quantitative estimate of drug-likeness (QED) is 0.378. The molecule has 0 radical (unpaired) electrons. The Morgan fingerprint density at radius 3 is 3.00 bits per heavy atom. The maximum absolute atomic E-state index is 11.9. The Balaban J connectivity index is 1.59. The van der Waals surface area contributed by atoms with Crippen molar-refractivity contribution >= 4 is 57.6 Å². The molecular weight excluding hydrogens is 376 g/mol. The summed E-state index contributed by atoms with van der Waals surface area (Å²) in [4.78, 5) is 25.3. The summed E-state index contributed by atoms with van der Waals surface area (Å²) in [6.45, 7) is 0. The van der Waals surface area contributed by atoms with Crippen molar-refractivity contribution < 1.29 is 4.79 Å². The number of pyridine rings is 1. The number of carbonyl (C=O) groups is 1. The van der Waals surface area contributed by atoms with Crippen LogP contribution in [-0.4, -0.2) is 27.8 Å². The van der Waals surface area contributed by atoms with Crippen molar-refractivity contribution in [2.75, 3.05) is 11.1 Å². The van der Waals surface area contributed by atoms with E-state index in [4.69, 9.17) is 11.6 Å². The monoisotopic (exact) mass is 388 g/mol. The third-order valence-electron chi connectivity index (χ3n) is 3.01. The summed E-state index contributed by atoms with van der Waals surface area (Å²) in [5.41, 5.74) is 1.54. The Morgan fingerprint density at radius 1 is 1.28 bits per heavy atom. The van der Waals surface area contributed by atoms with Gasteiger partial charge in [0.2, 0.25) is 5.91 Å². The third kappa shape index (κ3) is 5.38. The molecule has 0 saturated carbocycles. The summed E-state index contributed by atoms with van der Waals surface area (Å²) in [7, 11) is 0. The number of amides is 1. The van der Waals surface area contributed by atoms with Gasteiger partial charge in [-0.25, -0.2) is 9.97 Å². The molecular formula is C17H13ClN4OS2. The number of anilines is 1. The van der Waals surface area contributed by atoms with E-state index in [1.165, 1.54) is 23.1 Å². The fraction of sp³-hybridized carbons (Fsp3) is 0.0588. The van der Waals surface area contributed by atoms with Crippen LogP contribution >= 0.6 is 34.7 Å². The maximum Gasteiger partial charge on any atom is 0.236 e. The maximum atomic E-state index is 11.9. The molecule has 0 fully saturated rings. The molecule has 0 aliphatic rings. The lowest BCUT2D eigenvalue weighted by atomic mass is 10.3. The molecule has 0 spiro atoms. The van der Waals surface area contributed by atoms with Gasteiger partial charge in [0.1, 0.15) is 5.15 Å². The molecule has 3 aromatic rings. The zero-order valence-electron chi connectivity index (χ0n) is 12.9. The van der Waals surface area contributed by atoms with Gasteiger partial charge in [0.15, 0.2) is 5.13 Å². The van der Waals surface area contributed by atoms with Crippen molar-refractivity contribution in [2.45, 2.75) is 4.90 Å². The molecule has 0 aliphatic carbocycles. The predicted octanol–water partition coefficient (Wildman–Crippen LogP) is 4.67. The molecule has 8 heteroatoms. The molecule has 0 aliphatic heterocycles. The lowest BCUT2D eigenvalue weighted by molar-refractivity contribution is -0.113. The van der Waals surface area contributed by atoms with Crippen molar-refractivity contribution in [3.05, 3.63) is 64.9 Å². The van der Waals surface area contributed by atoms with Crippen LogP contribution in [0, 0.1) is 0 Å². The Labute approximate surface area is 158 Å². The number of hydrogen-bond acceptors (Lipinski definition) is 6. The number of hydrogen-bond donors (Lipinski definition) is 1. The minimum Gasteiger partial charge on any atom is -0.301 e. The van der Waals surface area contributed by atoms with E-state index in [1.807, 2.05) is 35.7 Å². The summed E-state index contributed by atoms with van der Waals surface area (Å²) in [5, 5.41) is 5.60. The molecule has 1 N–H and O–H groups in total. The number of nitrogens with one attached hydrogen (secondary N) is 1. The highest BCUT2D eigenvalue weighted by Gasteiger charge is 2.05. The zero-order chi connectivity index (χ0) is 17.5. The highest BCUT2D eigenvalue weighted by atomic mass is 35.5. The van der Waals surface area contributed by atoms with Gasteiger partial charge in [-0.3, -0.25) is 9.79 Å². The molecule has 0 bridgehead atoms. The van der Waals surface area contributed by atoms with Crippen LogP contribution < -0.4 is 5.32 Å². The first-order chi connectivity index (χ1) is 12.2. The number of halogens is 1. The number of aliphatic imine (C=N–C) groups is 1. The van der Waals surface area contributed by atoms with Crippen molar-refractivity contribution in [3.8, 4) is 0 Å². The van der Waals surface area contributed by atoms with Crippen LogP contribution in [0.2, 0.25) is 5.15 Å². The van der Waals surface area contributed by atoms with Crippen LogP contribution in [0.4, 0.5) is 10.8 Å². The first-order valence-corrected chi connectivity index (χ1v) is 9.52. The number of nitrogens with zero attached hydrogens (tertiary/aromatic N) is 3. The van der Waals surface area contributed by atoms with Gasteiger partial charge < -0.3 is 5.32 Å². The molecule has 0 atom stereocenters. The second kappa shape index (κ2) is 8.75. The highest BCUT2D eigenvalue weighted by Crippen LogP contribution is 2.24. The fourth-order valence-electron chi connectivity index (χ4n) is 1.88. The molecule has 3 rings (SSSR count). The number of thiazole rings is 1. The Hall–Kier alpha value is -2.22. The Bertz CT molecular complexity index is 884. The van der Waals surface area contributed by atoms with Gasteiger partial charge in [0.25, 0.3) is 0 Å². The molecule has 0 saturated heterocycles. The molecule has 0 unspecified atom stereocenters. The lowest BCUT2D eigenvalue weighted by Crippen LogP contribution is -2.13. The van der Waals surface area contributed by atoms with E-state index in [0.29, 0.717) is 16.0 Å². The van der Waals surface area contributed by atoms with Gasteiger partial charge in [0, 0.05) is 34.4 Å². The van der Waals surface area contributed by atoms with Crippen LogP contribution in [0.1, 0.15) is 5.56 Å². The van der Waals surface area contributed by atoms with Gasteiger partial charge in [-0.2, -0.15) is 0 Å². The van der Waals surface area contributed by atoms with E-state index in [0.717, 1.165) is 16.1 Å². The summed E-state index contributed by atoms with van der Waals surface area (Å²) < 4.78 is 0. The second-order valence-electron chi connectivity index (χ2n) is 4.81. The van der Waals surface area contributed by atoms with Crippen molar-refractivity contribution in [2.24, 2.45) is 4.99 Å².